The van der Waals surface area contributed by atoms with Crippen LogP contribution in [0.1, 0.15) is 22.8 Å². The summed E-state index contributed by atoms with van der Waals surface area (Å²) < 4.78 is 25.7. The van der Waals surface area contributed by atoms with Gasteiger partial charge in [0.05, 0.1) is 5.56 Å². The number of hydrogen-bond donors (Lipinski definition) is 1. The lowest BCUT2D eigenvalue weighted by molar-refractivity contribution is -0.122. The van der Waals surface area contributed by atoms with Gasteiger partial charge in [-0.2, -0.15) is 8.78 Å². The van der Waals surface area contributed by atoms with Gasteiger partial charge in [0, 0.05) is 23.5 Å². The van der Waals surface area contributed by atoms with Crippen LogP contribution in [0, 0.1) is 0 Å². The number of likely N-dealkylation sites (N-methyl/N-ethyl adjacent to an activating group) is 1. The van der Waals surface area contributed by atoms with Crippen LogP contribution in [-0.4, -0.2) is 30.2 Å². The number of thioether (sulfide) groups is 1. The number of alkyl halides is 2. The summed E-state index contributed by atoms with van der Waals surface area (Å²) in [6.45, 7) is 2.26. The second-order valence-corrected chi connectivity index (χ2v) is 6.82. The van der Waals surface area contributed by atoms with Gasteiger partial charge in [-0.15, -0.1) is 0 Å². The van der Waals surface area contributed by atoms with E-state index in [1.165, 1.54) is 17.0 Å². The Morgan fingerprint density at radius 1 is 1.19 bits per heavy atom. The van der Waals surface area contributed by atoms with Crippen LogP contribution in [0.3, 0.4) is 0 Å². The van der Waals surface area contributed by atoms with E-state index in [0.717, 1.165) is 5.56 Å². The van der Waals surface area contributed by atoms with Crippen molar-refractivity contribution in [2.45, 2.75) is 30.0 Å². The van der Waals surface area contributed by atoms with E-state index in [9.17, 15) is 18.4 Å². The van der Waals surface area contributed by atoms with Crippen LogP contribution in [0.15, 0.2) is 53.4 Å². The molecule has 136 valence electrons. The van der Waals surface area contributed by atoms with Crippen LogP contribution < -0.4 is 10.2 Å². The molecule has 0 aliphatic carbocycles. The first-order chi connectivity index (χ1) is 12.5. The van der Waals surface area contributed by atoms with E-state index < -0.39 is 17.7 Å². The molecule has 1 heterocycles. The molecule has 0 spiro atoms. The largest absolute Gasteiger partial charge is 0.355 e. The molecule has 0 radical (unpaired) electrons. The zero-order valence-corrected chi connectivity index (χ0v) is 14.9. The van der Waals surface area contributed by atoms with Crippen LogP contribution in [0.4, 0.5) is 14.5 Å². The fourth-order valence-electron chi connectivity index (χ4n) is 3.11. The van der Waals surface area contributed by atoms with Gasteiger partial charge in [0.15, 0.2) is 0 Å². The second-order valence-electron chi connectivity index (χ2n) is 5.79. The van der Waals surface area contributed by atoms with Gasteiger partial charge in [-0.3, -0.25) is 14.5 Å². The number of rotatable bonds is 5. The Morgan fingerprint density at radius 3 is 2.62 bits per heavy atom. The van der Waals surface area contributed by atoms with E-state index in [2.05, 4.69) is 5.32 Å². The molecule has 1 N–H and O–H groups in total. The number of carbonyl (C=O) groups is 2. The molecule has 26 heavy (non-hydrogen) atoms. The number of halogens is 2. The minimum atomic E-state index is -2.63. The third kappa shape index (κ3) is 3.58. The van der Waals surface area contributed by atoms with Crippen molar-refractivity contribution in [3.8, 4) is 0 Å². The lowest BCUT2D eigenvalue weighted by Gasteiger charge is -2.25. The Bertz CT molecular complexity index is 829. The number of benzene rings is 2. The number of fused-ring (bicyclic) bond motifs is 1. The minimum absolute atomic E-state index is 0.170. The number of para-hydroxylation sites is 1. The van der Waals surface area contributed by atoms with E-state index in [-0.39, 0.29) is 16.4 Å². The van der Waals surface area contributed by atoms with Gasteiger partial charge in [0.2, 0.25) is 5.91 Å². The standard InChI is InChI=1S/C19H18F2N2O2S/c1-2-22-17(24)15-11-12-7-3-5-9-14(12)23(15)18(25)13-8-4-6-10-16(13)26-19(20)21/h3-10,15,19H,2,11H2,1H3,(H,22,24). The highest BCUT2D eigenvalue weighted by Crippen LogP contribution is 2.36. The average Bonchev–Trinajstić information content (AvgIpc) is 3.01. The Balaban J connectivity index is 2.02. The van der Waals surface area contributed by atoms with Crippen molar-refractivity contribution in [2.75, 3.05) is 11.4 Å². The maximum Gasteiger partial charge on any atom is 0.288 e. The fourth-order valence-corrected chi connectivity index (χ4v) is 3.74. The SMILES string of the molecule is CCNC(=O)C1Cc2ccccc2N1C(=O)c1ccccc1SC(F)F. The molecule has 4 nitrogen and oxygen atoms in total. The third-order valence-corrected chi connectivity index (χ3v) is 4.97. The van der Waals surface area contributed by atoms with Gasteiger partial charge < -0.3 is 5.32 Å². The van der Waals surface area contributed by atoms with Gasteiger partial charge in [0.1, 0.15) is 6.04 Å². The molecule has 1 atom stereocenters. The van der Waals surface area contributed by atoms with Crippen LogP contribution >= 0.6 is 11.8 Å². The summed E-state index contributed by atoms with van der Waals surface area (Å²) in [4.78, 5) is 27.3. The average molecular weight is 376 g/mol. The molecule has 0 saturated carbocycles. The molecular weight excluding hydrogens is 358 g/mol. The predicted molar refractivity (Wildman–Crippen MR) is 97.7 cm³/mol. The summed E-state index contributed by atoms with van der Waals surface area (Å²) in [6.07, 6.45) is 0.401. The predicted octanol–water partition coefficient (Wildman–Crippen LogP) is 3.71. The zero-order chi connectivity index (χ0) is 18.7. The Labute approximate surface area is 154 Å². The van der Waals surface area contributed by atoms with Crippen molar-refractivity contribution in [1.29, 1.82) is 0 Å². The molecule has 1 aliphatic rings. The molecule has 3 rings (SSSR count). The number of anilines is 1. The highest BCUT2D eigenvalue weighted by Gasteiger charge is 2.39. The summed E-state index contributed by atoms with van der Waals surface area (Å²) in [5, 5.41) is 2.75. The van der Waals surface area contributed by atoms with E-state index in [4.69, 9.17) is 0 Å². The second kappa shape index (κ2) is 7.86. The first-order valence-corrected chi connectivity index (χ1v) is 9.14. The fraction of sp³-hybridized carbons (Fsp3) is 0.263. The van der Waals surface area contributed by atoms with Gasteiger partial charge >= 0.3 is 0 Å². The normalized spacial score (nSPS) is 15.8. The van der Waals surface area contributed by atoms with Gasteiger partial charge in [-0.1, -0.05) is 42.1 Å². The summed E-state index contributed by atoms with van der Waals surface area (Å²) >= 11 is 0.332. The highest BCUT2D eigenvalue weighted by atomic mass is 32.2. The highest BCUT2D eigenvalue weighted by molar-refractivity contribution is 7.99. The van der Waals surface area contributed by atoms with Crippen LogP contribution in [0.5, 0.6) is 0 Å². The molecule has 0 saturated heterocycles. The van der Waals surface area contributed by atoms with Crippen molar-refractivity contribution in [1.82, 2.24) is 5.32 Å². The molecule has 2 amide bonds. The molecule has 2 aromatic carbocycles. The van der Waals surface area contributed by atoms with E-state index >= 15 is 0 Å². The molecule has 0 aromatic heterocycles. The number of hydrogen-bond acceptors (Lipinski definition) is 3. The number of nitrogens with zero attached hydrogens (tertiary/aromatic N) is 1. The van der Waals surface area contributed by atoms with E-state index in [1.807, 2.05) is 12.1 Å². The lowest BCUT2D eigenvalue weighted by Crippen LogP contribution is -2.48. The first-order valence-electron chi connectivity index (χ1n) is 8.26. The number of carbonyl (C=O) groups excluding carboxylic acids is 2. The van der Waals surface area contributed by atoms with Crippen LogP contribution in [0.2, 0.25) is 0 Å². The zero-order valence-electron chi connectivity index (χ0n) is 14.1. The van der Waals surface area contributed by atoms with Crippen molar-refractivity contribution in [3.05, 3.63) is 59.7 Å². The molecule has 0 bridgehead atoms. The van der Waals surface area contributed by atoms with Gasteiger partial charge in [-0.25, -0.2) is 0 Å². The minimum Gasteiger partial charge on any atom is -0.355 e. The van der Waals surface area contributed by atoms with Gasteiger partial charge in [0.25, 0.3) is 11.7 Å². The summed E-state index contributed by atoms with van der Waals surface area (Å²) in [5.41, 5.74) is 1.70. The van der Waals surface area contributed by atoms with E-state index in [1.54, 1.807) is 31.2 Å². The Hall–Kier alpha value is -2.41. The maximum absolute atomic E-state index is 13.2. The molecule has 2 aromatic rings. The van der Waals surface area contributed by atoms with Crippen molar-refractivity contribution < 1.29 is 18.4 Å². The summed E-state index contributed by atoms with van der Waals surface area (Å²) in [6, 6.07) is 12.8. The lowest BCUT2D eigenvalue weighted by atomic mass is 10.1. The number of amides is 2. The summed E-state index contributed by atoms with van der Waals surface area (Å²) in [7, 11) is 0. The topological polar surface area (TPSA) is 49.4 Å². The molecule has 1 aliphatic heterocycles. The molecule has 1 unspecified atom stereocenters. The van der Waals surface area contributed by atoms with Crippen LogP contribution in [-0.2, 0) is 11.2 Å². The van der Waals surface area contributed by atoms with Crippen LogP contribution in [0.25, 0.3) is 0 Å². The molecule has 7 heteroatoms. The molecular formula is C19H18F2N2O2S. The monoisotopic (exact) mass is 376 g/mol. The smallest absolute Gasteiger partial charge is 0.288 e. The first kappa shape index (κ1) is 18.4. The maximum atomic E-state index is 13.2. The summed E-state index contributed by atoms with van der Waals surface area (Å²) in [5.74, 6) is -3.33. The third-order valence-electron chi connectivity index (χ3n) is 4.18. The van der Waals surface area contributed by atoms with E-state index in [0.29, 0.717) is 30.4 Å². The van der Waals surface area contributed by atoms with Crippen molar-refractivity contribution in [3.63, 3.8) is 0 Å². The quantitative estimate of drug-likeness (QED) is 0.810. The number of nitrogens with one attached hydrogen (secondary N) is 1. The van der Waals surface area contributed by atoms with Crippen molar-refractivity contribution in [2.24, 2.45) is 0 Å². The van der Waals surface area contributed by atoms with Gasteiger partial charge in [-0.05, 0) is 30.7 Å². The molecule has 0 fully saturated rings. The Morgan fingerprint density at radius 2 is 1.88 bits per heavy atom. The Kier molecular flexibility index (Phi) is 5.56. The van der Waals surface area contributed by atoms with Crippen molar-refractivity contribution >= 4 is 29.3 Å².